The molecule has 0 aromatic heterocycles. The van der Waals surface area contributed by atoms with E-state index in [0.29, 0.717) is 13.1 Å². The van der Waals surface area contributed by atoms with Gasteiger partial charge in [0.15, 0.2) is 0 Å². The lowest BCUT2D eigenvalue weighted by atomic mass is 9.74. The molecule has 1 aliphatic heterocycles. The Bertz CT molecular complexity index is 540. The quantitative estimate of drug-likeness (QED) is 0.804. The van der Waals surface area contributed by atoms with Crippen molar-refractivity contribution in [2.75, 3.05) is 32.8 Å². The summed E-state index contributed by atoms with van der Waals surface area (Å²) in [5.41, 5.74) is 1.12. The first kappa shape index (κ1) is 16.7. The summed E-state index contributed by atoms with van der Waals surface area (Å²) in [7, 11) is 0. The molecule has 0 spiro atoms. The van der Waals surface area contributed by atoms with Gasteiger partial charge in [-0.05, 0) is 55.8 Å². The van der Waals surface area contributed by atoms with Crippen LogP contribution < -0.4 is 10.6 Å². The molecule has 1 saturated carbocycles. The van der Waals surface area contributed by atoms with E-state index >= 15 is 0 Å². The first-order valence-corrected chi connectivity index (χ1v) is 8.87. The third kappa shape index (κ3) is 4.69. The number of ether oxygens (including phenoxy) is 1. The van der Waals surface area contributed by atoms with Crippen LogP contribution in [0.15, 0.2) is 24.3 Å². The SMILES string of the molecule is O=C(CNCC1CC1)NCC1(c2cccc(Cl)c2)CCOCC1. The average molecular weight is 337 g/mol. The molecule has 0 radical (unpaired) electrons. The predicted octanol–water partition coefficient (Wildman–Crippen LogP) is 2.50. The number of benzene rings is 1. The third-order valence-electron chi connectivity index (χ3n) is 4.93. The summed E-state index contributed by atoms with van der Waals surface area (Å²) in [6, 6.07) is 7.99. The lowest BCUT2D eigenvalue weighted by Crippen LogP contribution is -2.46. The van der Waals surface area contributed by atoms with E-state index < -0.39 is 0 Å². The summed E-state index contributed by atoms with van der Waals surface area (Å²) >= 11 is 6.16. The number of carbonyl (C=O) groups is 1. The van der Waals surface area contributed by atoms with Gasteiger partial charge >= 0.3 is 0 Å². The van der Waals surface area contributed by atoms with Crippen LogP contribution >= 0.6 is 11.6 Å². The van der Waals surface area contributed by atoms with Crippen molar-refractivity contribution < 1.29 is 9.53 Å². The molecule has 23 heavy (non-hydrogen) atoms. The maximum absolute atomic E-state index is 12.1. The van der Waals surface area contributed by atoms with Gasteiger partial charge in [-0.25, -0.2) is 0 Å². The van der Waals surface area contributed by atoms with Crippen molar-refractivity contribution in [2.45, 2.75) is 31.1 Å². The number of hydrogen-bond donors (Lipinski definition) is 2. The zero-order chi connectivity index (χ0) is 16.1. The smallest absolute Gasteiger partial charge is 0.233 e. The summed E-state index contributed by atoms with van der Waals surface area (Å²) in [5.74, 6) is 0.856. The fraction of sp³-hybridized carbons (Fsp3) is 0.611. The van der Waals surface area contributed by atoms with Crippen LogP contribution in [0.2, 0.25) is 5.02 Å². The molecule has 5 heteroatoms. The Morgan fingerprint density at radius 1 is 1.30 bits per heavy atom. The van der Waals surface area contributed by atoms with Crippen molar-refractivity contribution in [1.82, 2.24) is 10.6 Å². The topological polar surface area (TPSA) is 50.4 Å². The minimum Gasteiger partial charge on any atom is -0.381 e. The molecule has 1 amide bonds. The van der Waals surface area contributed by atoms with Crippen LogP contribution in [0.1, 0.15) is 31.2 Å². The number of halogens is 1. The van der Waals surface area contributed by atoms with E-state index in [4.69, 9.17) is 16.3 Å². The summed E-state index contributed by atoms with van der Waals surface area (Å²) in [6.07, 6.45) is 4.41. The van der Waals surface area contributed by atoms with Gasteiger partial charge in [0, 0.05) is 30.2 Å². The molecule has 1 aliphatic carbocycles. The Balaban J connectivity index is 1.58. The van der Waals surface area contributed by atoms with Gasteiger partial charge in [-0.1, -0.05) is 23.7 Å². The zero-order valence-corrected chi connectivity index (χ0v) is 14.2. The molecule has 4 nitrogen and oxygen atoms in total. The van der Waals surface area contributed by atoms with Crippen LogP contribution in [-0.4, -0.2) is 38.8 Å². The monoisotopic (exact) mass is 336 g/mol. The zero-order valence-electron chi connectivity index (χ0n) is 13.4. The average Bonchev–Trinajstić information content (AvgIpc) is 3.38. The fourth-order valence-corrected chi connectivity index (χ4v) is 3.38. The molecule has 1 aromatic rings. The Kier molecular flexibility index (Phi) is 5.57. The van der Waals surface area contributed by atoms with E-state index in [1.807, 2.05) is 18.2 Å². The van der Waals surface area contributed by atoms with Crippen LogP contribution in [0.3, 0.4) is 0 Å². The normalized spacial score (nSPS) is 20.2. The molecule has 1 saturated heterocycles. The highest BCUT2D eigenvalue weighted by molar-refractivity contribution is 6.30. The second-order valence-electron chi connectivity index (χ2n) is 6.75. The minimum atomic E-state index is -0.0741. The molecule has 2 N–H and O–H groups in total. The van der Waals surface area contributed by atoms with Crippen molar-refractivity contribution >= 4 is 17.5 Å². The summed E-state index contributed by atoms with van der Waals surface area (Å²) in [4.78, 5) is 12.1. The third-order valence-corrected chi connectivity index (χ3v) is 5.16. The fourth-order valence-electron chi connectivity index (χ4n) is 3.19. The lowest BCUT2D eigenvalue weighted by molar-refractivity contribution is -0.120. The Morgan fingerprint density at radius 3 is 2.78 bits per heavy atom. The van der Waals surface area contributed by atoms with Crippen molar-refractivity contribution in [3.8, 4) is 0 Å². The van der Waals surface area contributed by atoms with E-state index in [1.165, 1.54) is 18.4 Å². The molecule has 126 valence electrons. The molecule has 1 aromatic carbocycles. The van der Waals surface area contributed by atoms with Gasteiger partial charge in [0.25, 0.3) is 0 Å². The molecule has 3 rings (SSSR count). The molecular weight excluding hydrogens is 312 g/mol. The highest BCUT2D eigenvalue weighted by atomic mass is 35.5. The highest BCUT2D eigenvalue weighted by Gasteiger charge is 2.35. The highest BCUT2D eigenvalue weighted by Crippen LogP contribution is 2.35. The molecule has 0 atom stereocenters. The van der Waals surface area contributed by atoms with E-state index in [-0.39, 0.29) is 11.3 Å². The largest absolute Gasteiger partial charge is 0.381 e. The predicted molar refractivity (Wildman–Crippen MR) is 91.8 cm³/mol. The maximum atomic E-state index is 12.1. The Morgan fingerprint density at radius 2 is 2.09 bits per heavy atom. The van der Waals surface area contributed by atoms with Crippen LogP contribution in [-0.2, 0) is 14.9 Å². The maximum Gasteiger partial charge on any atom is 0.233 e. The molecule has 0 bridgehead atoms. The Labute approximate surface area is 142 Å². The summed E-state index contributed by atoms with van der Waals surface area (Å²) < 4.78 is 5.52. The first-order chi connectivity index (χ1) is 11.2. The summed E-state index contributed by atoms with van der Waals surface area (Å²) in [5, 5.41) is 7.09. The second kappa shape index (κ2) is 7.65. The second-order valence-corrected chi connectivity index (χ2v) is 7.19. The van der Waals surface area contributed by atoms with Crippen molar-refractivity contribution in [3.05, 3.63) is 34.9 Å². The lowest BCUT2D eigenvalue weighted by Gasteiger charge is -2.38. The number of carbonyl (C=O) groups excluding carboxylic acids is 1. The van der Waals surface area contributed by atoms with Crippen LogP contribution in [0.25, 0.3) is 0 Å². The Hall–Kier alpha value is -1.10. The van der Waals surface area contributed by atoms with Gasteiger partial charge in [0.2, 0.25) is 5.91 Å². The van der Waals surface area contributed by atoms with E-state index in [9.17, 15) is 4.79 Å². The summed E-state index contributed by atoms with van der Waals surface area (Å²) in [6.45, 7) is 3.45. The van der Waals surface area contributed by atoms with E-state index in [2.05, 4.69) is 16.7 Å². The van der Waals surface area contributed by atoms with Crippen LogP contribution in [0.5, 0.6) is 0 Å². The standard InChI is InChI=1S/C18H25ClN2O2/c19-16-3-1-2-15(10-16)18(6-8-23-9-7-18)13-21-17(22)12-20-11-14-4-5-14/h1-3,10,14,20H,4-9,11-13H2,(H,21,22). The van der Waals surface area contributed by atoms with Gasteiger partial charge in [-0.15, -0.1) is 0 Å². The molecular formula is C18H25ClN2O2. The first-order valence-electron chi connectivity index (χ1n) is 8.49. The molecule has 2 fully saturated rings. The van der Waals surface area contributed by atoms with Gasteiger partial charge < -0.3 is 15.4 Å². The van der Waals surface area contributed by atoms with Gasteiger partial charge in [-0.3, -0.25) is 4.79 Å². The van der Waals surface area contributed by atoms with Crippen LogP contribution in [0, 0.1) is 5.92 Å². The van der Waals surface area contributed by atoms with E-state index in [0.717, 1.165) is 43.5 Å². The van der Waals surface area contributed by atoms with Gasteiger partial charge in [-0.2, -0.15) is 0 Å². The van der Waals surface area contributed by atoms with Crippen molar-refractivity contribution in [3.63, 3.8) is 0 Å². The van der Waals surface area contributed by atoms with Crippen molar-refractivity contribution in [2.24, 2.45) is 5.92 Å². The van der Waals surface area contributed by atoms with Gasteiger partial charge in [0.05, 0.1) is 6.54 Å². The number of amides is 1. The number of hydrogen-bond acceptors (Lipinski definition) is 3. The minimum absolute atomic E-state index is 0.0681. The van der Waals surface area contributed by atoms with Crippen LogP contribution in [0.4, 0.5) is 0 Å². The molecule has 0 unspecified atom stereocenters. The van der Waals surface area contributed by atoms with Gasteiger partial charge in [0.1, 0.15) is 0 Å². The van der Waals surface area contributed by atoms with E-state index in [1.54, 1.807) is 0 Å². The van der Waals surface area contributed by atoms with Crippen molar-refractivity contribution in [1.29, 1.82) is 0 Å². The molecule has 2 aliphatic rings. The number of rotatable bonds is 7. The molecule has 1 heterocycles. The number of nitrogens with one attached hydrogen (secondary N) is 2.